The summed E-state index contributed by atoms with van der Waals surface area (Å²) in [5.41, 5.74) is 1.49. The van der Waals surface area contributed by atoms with E-state index in [0.717, 1.165) is 0 Å². The van der Waals surface area contributed by atoms with Gasteiger partial charge in [0.2, 0.25) is 0 Å². The van der Waals surface area contributed by atoms with E-state index in [1.807, 2.05) is 0 Å². The molecule has 2 atom stereocenters. The monoisotopic (exact) mass is 437 g/mol. The van der Waals surface area contributed by atoms with E-state index in [1.165, 1.54) is 14.0 Å². The summed E-state index contributed by atoms with van der Waals surface area (Å²) in [6, 6.07) is 7.77. The number of alkyl halides is 6. The summed E-state index contributed by atoms with van der Waals surface area (Å²) in [5, 5.41) is 10.7. The molecule has 0 amide bonds. The first kappa shape index (κ1) is 24.0. The molecular weight excluding hydrogens is 416 g/mol. The van der Waals surface area contributed by atoms with Crippen LogP contribution in [-0.4, -0.2) is 18.4 Å². The zero-order valence-corrected chi connectivity index (χ0v) is 16.1. The van der Waals surface area contributed by atoms with E-state index in [1.54, 1.807) is 24.3 Å². The summed E-state index contributed by atoms with van der Waals surface area (Å²) >= 11 is 0. The Hall–Kier alpha value is -2.30. The van der Waals surface area contributed by atoms with Gasteiger partial charge in [0, 0.05) is 12.0 Å². The van der Waals surface area contributed by atoms with Crippen LogP contribution >= 0.6 is 0 Å². The lowest BCUT2D eigenvalue weighted by Crippen LogP contribution is -2.34. The van der Waals surface area contributed by atoms with Crippen molar-refractivity contribution in [2.45, 2.75) is 44.1 Å². The molecule has 0 aliphatic heterocycles. The van der Waals surface area contributed by atoms with Gasteiger partial charge < -0.3 is 20.3 Å². The highest BCUT2D eigenvalue weighted by atomic mass is 19.4. The predicted octanol–water partition coefficient (Wildman–Crippen LogP) is 4.83. The van der Waals surface area contributed by atoms with E-state index in [-0.39, 0.29) is 18.1 Å². The second kappa shape index (κ2) is 8.83. The number of hydrogen-bond acceptors (Lipinski definition) is 4. The minimum Gasteiger partial charge on any atom is -0.496 e. The van der Waals surface area contributed by atoms with Crippen molar-refractivity contribution in [3.05, 3.63) is 64.7 Å². The van der Waals surface area contributed by atoms with Crippen LogP contribution in [0.3, 0.4) is 0 Å². The Morgan fingerprint density at radius 1 is 0.967 bits per heavy atom. The van der Waals surface area contributed by atoms with Crippen molar-refractivity contribution >= 4 is 0 Å². The van der Waals surface area contributed by atoms with Crippen LogP contribution < -0.4 is 10.5 Å². The van der Waals surface area contributed by atoms with Gasteiger partial charge in [-0.2, -0.15) is 26.3 Å². The number of methoxy groups -OCH3 is 1. The third-order valence-corrected chi connectivity index (χ3v) is 4.40. The van der Waals surface area contributed by atoms with Crippen LogP contribution in [-0.2, 0) is 29.3 Å². The Morgan fingerprint density at radius 2 is 1.50 bits per heavy atom. The van der Waals surface area contributed by atoms with E-state index in [0.29, 0.717) is 23.4 Å². The van der Waals surface area contributed by atoms with E-state index >= 15 is 0 Å². The molecule has 30 heavy (non-hydrogen) atoms. The van der Waals surface area contributed by atoms with Crippen molar-refractivity contribution in [1.29, 1.82) is 0 Å². The lowest BCUT2D eigenvalue weighted by molar-refractivity contribution is -0.143. The van der Waals surface area contributed by atoms with Gasteiger partial charge in [0.15, 0.2) is 0 Å². The molecule has 2 unspecified atom stereocenters. The lowest BCUT2D eigenvalue weighted by Gasteiger charge is -2.28. The van der Waals surface area contributed by atoms with Gasteiger partial charge >= 0.3 is 12.4 Å². The highest BCUT2D eigenvalue weighted by molar-refractivity contribution is 5.37. The lowest BCUT2D eigenvalue weighted by atomic mass is 9.91. The zero-order valence-electron chi connectivity index (χ0n) is 16.1. The molecule has 2 rings (SSSR count). The normalized spacial score (nSPS) is 15.5. The highest BCUT2D eigenvalue weighted by Gasteiger charge is 2.37. The quantitative estimate of drug-likeness (QED) is 0.481. The van der Waals surface area contributed by atoms with Crippen molar-refractivity contribution in [3.8, 4) is 5.75 Å². The summed E-state index contributed by atoms with van der Waals surface area (Å²) in [7, 11) is 1.41. The molecule has 0 fully saturated rings. The Labute approximate surface area is 169 Å². The fourth-order valence-electron chi connectivity index (χ4n) is 2.96. The predicted molar refractivity (Wildman–Crippen MR) is 96.4 cm³/mol. The molecule has 0 aromatic heterocycles. The van der Waals surface area contributed by atoms with Gasteiger partial charge in [-0.05, 0) is 36.8 Å². The Balaban J connectivity index is 2.16. The van der Waals surface area contributed by atoms with Gasteiger partial charge in [-0.15, -0.1) is 0 Å². The largest absolute Gasteiger partial charge is 0.496 e. The molecule has 2 aromatic rings. The van der Waals surface area contributed by atoms with Crippen molar-refractivity contribution in [1.82, 2.24) is 0 Å². The first-order chi connectivity index (χ1) is 13.7. The maximum atomic E-state index is 12.9. The van der Waals surface area contributed by atoms with Crippen LogP contribution in [0, 0.1) is 0 Å². The highest BCUT2D eigenvalue weighted by Crippen LogP contribution is 2.37. The van der Waals surface area contributed by atoms with Crippen LogP contribution in [0.5, 0.6) is 5.75 Å². The second-order valence-electron chi connectivity index (χ2n) is 6.94. The fourth-order valence-corrected chi connectivity index (χ4v) is 2.96. The van der Waals surface area contributed by atoms with E-state index in [4.69, 9.17) is 15.2 Å². The number of hydrogen-bond donors (Lipinski definition) is 2. The molecule has 0 saturated carbocycles. The molecule has 0 bridgehead atoms. The third-order valence-electron chi connectivity index (χ3n) is 4.40. The molecule has 0 spiro atoms. The molecule has 0 radical (unpaired) electrons. The third kappa shape index (κ3) is 6.10. The average molecular weight is 437 g/mol. The van der Waals surface area contributed by atoms with Crippen LogP contribution in [0.4, 0.5) is 26.3 Å². The standard InChI is InChI=1S/C20H21F6NO3/c1-18(28,15-5-3-4-6-16(15)29-2)10-17(27)30-11-12-7-13(19(21,22)23)9-14(8-12)20(24,25)26/h3-9,17,28H,10-11,27H2,1-2H3. The number of ether oxygens (including phenoxy) is 2. The topological polar surface area (TPSA) is 64.7 Å². The molecule has 0 aliphatic rings. The van der Waals surface area contributed by atoms with E-state index in [2.05, 4.69) is 0 Å². The number of para-hydroxylation sites is 1. The minimum absolute atomic E-state index is 0.0376. The second-order valence-corrected chi connectivity index (χ2v) is 6.94. The minimum atomic E-state index is -4.95. The number of halogens is 6. The van der Waals surface area contributed by atoms with Crippen LogP contribution in [0.1, 0.15) is 35.6 Å². The molecule has 4 nitrogen and oxygen atoms in total. The smallest absolute Gasteiger partial charge is 0.416 e. The molecule has 0 aliphatic carbocycles. The Bertz CT molecular complexity index is 832. The molecule has 0 saturated heterocycles. The number of benzene rings is 2. The summed E-state index contributed by atoms with van der Waals surface area (Å²) in [5.74, 6) is 0.391. The molecule has 166 valence electrons. The van der Waals surface area contributed by atoms with Gasteiger partial charge in [0.05, 0.1) is 30.4 Å². The first-order valence-corrected chi connectivity index (χ1v) is 8.75. The molecular formula is C20H21F6NO3. The van der Waals surface area contributed by atoms with Gasteiger partial charge in [-0.1, -0.05) is 18.2 Å². The van der Waals surface area contributed by atoms with Crippen molar-refractivity contribution in [2.24, 2.45) is 5.73 Å². The van der Waals surface area contributed by atoms with Crippen LogP contribution in [0.2, 0.25) is 0 Å². The molecule has 2 aromatic carbocycles. The van der Waals surface area contributed by atoms with Gasteiger partial charge in [0.1, 0.15) is 12.0 Å². The molecule has 10 heteroatoms. The number of aliphatic hydroxyl groups is 1. The maximum absolute atomic E-state index is 12.9. The summed E-state index contributed by atoms with van der Waals surface area (Å²) < 4.78 is 88.0. The number of rotatable bonds is 7. The Morgan fingerprint density at radius 3 is 2.00 bits per heavy atom. The van der Waals surface area contributed by atoms with Crippen molar-refractivity contribution < 1.29 is 40.9 Å². The van der Waals surface area contributed by atoms with E-state index < -0.39 is 41.9 Å². The summed E-state index contributed by atoms with van der Waals surface area (Å²) in [4.78, 5) is 0. The molecule has 3 N–H and O–H groups in total. The SMILES string of the molecule is COc1ccccc1C(C)(O)CC(N)OCc1cc(C(F)(F)F)cc(C(F)(F)F)c1. The van der Waals surface area contributed by atoms with Crippen LogP contribution in [0.15, 0.2) is 42.5 Å². The van der Waals surface area contributed by atoms with Gasteiger partial charge in [-0.3, -0.25) is 0 Å². The first-order valence-electron chi connectivity index (χ1n) is 8.75. The van der Waals surface area contributed by atoms with Crippen molar-refractivity contribution in [2.75, 3.05) is 7.11 Å². The summed E-state index contributed by atoms with van der Waals surface area (Å²) in [6.07, 6.45) is -11.3. The van der Waals surface area contributed by atoms with Crippen molar-refractivity contribution in [3.63, 3.8) is 0 Å². The molecule has 0 heterocycles. The van der Waals surface area contributed by atoms with Gasteiger partial charge in [0.25, 0.3) is 0 Å². The van der Waals surface area contributed by atoms with Gasteiger partial charge in [-0.25, -0.2) is 0 Å². The average Bonchev–Trinajstić information content (AvgIpc) is 2.64. The number of nitrogens with two attached hydrogens (primary N) is 1. The fraction of sp³-hybridized carbons (Fsp3) is 0.400. The van der Waals surface area contributed by atoms with Crippen LogP contribution in [0.25, 0.3) is 0 Å². The van der Waals surface area contributed by atoms with E-state index in [9.17, 15) is 31.4 Å². The Kier molecular flexibility index (Phi) is 7.05. The zero-order chi connectivity index (χ0) is 22.7. The maximum Gasteiger partial charge on any atom is 0.416 e. The summed E-state index contributed by atoms with van der Waals surface area (Å²) in [6.45, 7) is 0.844.